The summed E-state index contributed by atoms with van der Waals surface area (Å²) in [4.78, 5) is 37.4. The zero-order chi connectivity index (χ0) is 13.1. The van der Waals surface area contributed by atoms with Crippen molar-refractivity contribution in [2.75, 3.05) is 6.61 Å². The van der Waals surface area contributed by atoms with E-state index in [1.54, 1.807) is 12.1 Å². The molecule has 8 nitrogen and oxygen atoms in total. The number of rotatable bonds is 4. The first-order valence-corrected chi connectivity index (χ1v) is 4.99. The highest BCUT2D eigenvalue weighted by Crippen LogP contribution is 2.05. The highest BCUT2D eigenvalue weighted by atomic mass is 16.9. The number of nitrogens with zero attached hydrogens (tertiary/aromatic N) is 2. The summed E-state index contributed by atoms with van der Waals surface area (Å²) in [5.41, 5.74) is -0.382. The Hall–Kier alpha value is -2.64. The van der Waals surface area contributed by atoms with Gasteiger partial charge in [-0.05, 0) is 12.1 Å². The summed E-state index contributed by atoms with van der Waals surface area (Å²) in [6, 6.07) is 6.26. The Balaban J connectivity index is 2.42. The van der Waals surface area contributed by atoms with Crippen LogP contribution in [-0.2, 0) is 11.4 Å². The first-order valence-electron chi connectivity index (χ1n) is 4.99. The molecule has 8 heteroatoms. The fraction of sp³-hybridized carbons (Fsp3) is 0.200. The third-order valence-electron chi connectivity index (χ3n) is 2.29. The number of para-hydroxylation sites is 1. The van der Waals surface area contributed by atoms with Gasteiger partial charge in [0.05, 0.1) is 11.9 Å². The van der Waals surface area contributed by atoms with Crippen molar-refractivity contribution in [2.24, 2.45) is 0 Å². The molecule has 1 aromatic carbocycles. The molecule has 1 aromatic heterocycles. The SMILES string of the molecule is O=c1oc2ccccc2c(=O)n1CCO[N+](=O)[O-]. The van der Waals surface area contributed by atoms with Crippen LogP contribution in [0.1, 0.15) is 0 Å². The van der Waals surface area contributed by atoms with Gasteiger partial charge in [0, 0.05) is 0 Å². The fourth-order valence-corrected chi connectivity index (χ4v) is 1.51. The maximum absolute atomic E-state index is 11.9. The van der Waals surface area contributed by atoms with E-state index >= 15 is 0 Å². The lowest BCUT2D eigenvalue weighted by molar-refractivity contribution is -0.758. The van der Waals surface area contributed by atoms with Gasteiger partial charge in [0.1, 0.15) is 12.2 Å². The molecule has 94 valence electrons. The van der Waals surface area contributed by atoms with Crippen LogP contribution in [0.5, 0.6) is 0 Å². The average molecular weight is 252 g/mol. The minimum atomic E-state index is -0.992. The molecule has 0 saturated carbocycles. The van der Waals surface area contributed by atoms with Crippen LogP contribution in [0.15, 0.2) is 38.3 Å². The van der Waals surface area contributed by atoms with Crippen LogP contribution in [0.4, 0.5) is 0 Å². The third kappa shape index (κ3) is 2.21. The van der Waals surface area contributed by atoms with Crippen molar-refractivity contribution in [3.63, 3.8) is 0 Å². The van der Waals surface area contributed by atoms with Crippen LogP contribution in [0.25, 0.3) is 11.0 Å². The first kappa shape index (κ1) is 11.8. The van der Waals surface area contributed by atoms with Gasteiger partial charge in [0.2, 0.25) is 0 Å². The van der Waals surface area contributed by atoms with E-state index in [0.717, 1.165) is 4.57 Å². The minimum absolute atomic E-state index is 0.180. The van der Waals surface area contributed by atoms with Gasteiger partial charge in [-0.3, -0.25) is 4.79 Å². The van der Waals surface area contributed by atoms with Crippen molar-refractivity contribution in [2.45, 2.75) is 6.54 Å². The molecular formula is C10H8N2O6. The van der Waals surface area contributed by atoms with Crippen molar-refractivity contribution >= 4 is 11.0 Å². The van der Waals surface area contributed by atoms with Gasteiger partial charge in [0.25, 0.3) is 10.6 Å². The maximum Gasteiger partial charge on any atom is 0.422 e. The van der Waals surface area contributed by atoms with Crippen LogP contribution in [-0.4, -0.2) is 16.3 Å². The second-order valence-electron chi connectivity index (χ2n) is 3.38. The lowest BCUT2D eigenvalue weighted by Crippen LogP contribution is -2.34. The van der Waals surface area contributed by atoms with Gasteiger partial charge in [-0.15, -0.1) is 10.1 Å². The molecule has 0 spiro atoms. The van der Waals surface area contributed by atoms with Gasteiger partial charge in [0.15, 0.2) is 0 Å². The van der Waals surface area contributed by atoms with Gasteiger partial charge >= 0.3 is 5.76 Å². The van der Waals surface area contributed by atoms with Crippen molar-refractivity contribution < 1.29 is 14.3 Å². The molecule has 0 aliphatic rings. The molecule has 0 aliphatic carbocycles. The quantitative estimate of drug-likeness (QED) is 0.567. The Labute approximate surface area is 99.1 Å². The van der Waals surface area contributed by atoms with Crippen molar-refractivity contribution in [3.05, 3.63) is 55.3 Å². The van der Waals surface area contributed by atoms with E-state index < -0.39 is 23.0 Å². The zero-order valence-electron chi connectivity index (χ0n) is 9.07. The molecule has 0 bridgehead atoms. The van der Waals surface area contributed by atoms with E-state index in [1.165, 1.54) is 12.1 Å². The van der Waals surface area contributed by atoms with Crippen molar-refractivity contribution in [1.82, 2.24) is 4.57 Å². The lowest BCUT2D eigenvalue weighted by atomic mass is 10.2. The van der Waals surface area contributed by atoms with E-state index in [9.17, 15) is 19.7 Å². The topological polar surface area (TPSA) is 105 Å². The molecule has 0 radical (unpaired) electrons. The molecule has 18 heavy (non-hydrogen) atoms. The largest absolute Gasteiger partial charge is 0.422 e. The van der Waals surface area contributed by atoms with Crippen molar-refractivity contribution in [3.8, 4) is 0 Å². The fourth-order valence-electron chi connectivity index (χ4n) is 1.51. The Bertz CT molecular complexity index is 701. The number of fused-ring (bicyclic) bond motifs is 1. The standard InChI is InChI=1S/C10H8N2O6/c13-9-7-3-1-2-4-8(7)18-10(14)11(9)5-6-17-12(15)16/h1-4H,5-6H2. The van der Waals surface area contributed by atoms with Gasteiger partial charge in [-0.1, -0.05) is 12.1 Å². The Morgan fingerprint density at radius 1 is 1.33 bits per heavy atom. The van der Waals surface area contributed by atoms with Crippen LogP contribution in [0.2, 0.25) is 0 Å². The van der Waals surface area contributed by atoms with E-state index in [2.05, 4.69) is 4.84 Å². The van der Waals surface area contributed by atoms with E-state index in [-0.39, 0.29) is 17.5 Å². The predicted molar refractivity (Wildman–Crippen MR) is 59.7 cm³/mol. The normalized spacial score (nSPS) is 10.4. The summed E-state index contributed by atoms with van der Waals surface area (Å²) < 4.78 is 5.67. The Kier molecular flexibility index (Phi) is 3.09. The van der Waals surface area contributed by atoms with E-state index in [4.69, 9.17) is 4.42 Å². The second-order valence-corrected chi connectivity index (χ2v) is 3.38. The molecule has 0 fully saturated rings. The summed E-state index contributed by atoms with van der Waals surface area (Å²) in [5.74, 6) is -0.870. The van der Waals surface area contributed by atoms with Crippen LogP contribution < -0.4 is 11.3 Å². The number of benzene rings is 1. The van der Waals surface area contributed by atoms with Crippen molar-refractivity contribution in [1.29, 1.82) is 0 Å². The van der Waals surface area contributed by atoms with E-state index in [0.29, 0.717) is 0 Å². The molecule has 2 rings (SSSR count). The average Bonchev–Trinajstić information content (AvgIpc) is 2.33. The zero-order valence-corrected chi connectivity index (χ0v) is 9.07. The molecule has 0 unspecified atom stereocenters. The second kappa shape index (κ2) is 4.70. The number of hydrogen-bond donors (Lipinski definition) is 0. The smallest absolute Gasteiger partial charge is 0.409 e. The summed E-state index contributed by atoms with van der Waals surface area (Å²) in [6.45, 7) is -0.636. The van der Waals surface area contributed by atoms with Crippen LogP contribution in [0, 0.1) is 10.1 Å². The number of hydrogen-bond acceptors (Lipinski definition) is 6. The monoisotopic (exact) mass is 252 g/mol. The first-order chi connectivity index (χ1) is 8.59. The van der Waals surface area contributed by atoms with Gasteiger partial charge < -0.3 is 9.25 Å². The molecule has 0 saturated heterocycles. The highest BCUT2D eigenvalue weighted by Gasteiger charge is 2.09. The Morgan fingerprint density at radius 3 is 2.78 bits per heavy atom. The summed E-state index contributed by atoms with van der Waals surface area (Å²) >= 11 is 0. The molecule has 0 aliphatic heterocycles. The highest BCUT2D eigenvalue weighted by molar-refractivity contribution is 5.74. The van der Waals surface area contributed by atoms with E-state index in [1.807, 2.05) is 0 Å². The summed E-state index contributed by atoms with van der Waals surface area (Å²) in [5, 5.41) is 9.21. The molecular weight excluding hydrogens is 244 g/mol. The predicted octanol–water partition coefficient (Wildman–Crippen LogP) is 0.163. The molecule has 0 amide bonds. The van der Waals surface area contributed by atoms with Crippen LogP contribution in [0.3, 0.4) is 0 Å². The van der Waals surface area contributed by atoms with Gasteiger partial charge in [-0.25, -0.2) is 9.36 Å². The molecule has 0 N–H and O–H groups in total. The molecule has 1 heterocycles. The summed E-state index contributed by atoms with van der Waals surface area (Å²) in [7, 11) is 0. The van der Waals surface area contributed by atoms with Crippen LogP contribution >= 0.6 is 0 Å². The molecule has 0 atom stereocenters. The Morgan fingerprint density at radius 2 is 2.06 bits per heavy atom. The molecule has 2 aromatic rings. The maximum atomic E-state index is 11.9. The summed E-state index contributed by atoms with van der Waals surface area (Å²) in [6.07, 6.45) is 0. The number of aromatic nitrogens is 1. The third-order valence-corrected chi connectivity index (χ3v) is 2.29. The van der Waals surface area contributed by atoms with Gasteiger partial charge in [-0.2, -0.15) is 0 Å². The minimum Gasteiger partial charge on any atom is -0.409 e. The lowest BCUT2D eigenvalue weighted by Gasteiger charge is -2.03.